The molecule has 80 valence electrons. The van der Waals surface area contributed by atoms with E-state index in [1.165, 1.54) is 0 Å². The summed E-state index contributed by atoms with van der Waals surface area (Å²) in [6.45, 7) is 2.63. The Bertz CT molecular complexity index is 414. The van der Waals surface area contributed by atoms with Crippen LogP contribution in [0.5, 0.6) is 0 Å². The van der Waals surface area contributed by atoms with Gasteiger partial charge < -0.3 is 15.6 Å². The van der Waals surface area contributed by atoms with Crippen molar-refractivity contribution < 1.29 is 4.79 Å². The molecule has 0 atom stereocenters. The van der Waals surface area contributed by atoms with Crippen molar-refractivity contribution >= 4 is 5.91 Å². The van der Waals surface area contributed by atoms with Gasteiger partial charge in [-0.05, 0) is 18.6 Å². The molecule has 0 bridgehead atoms. The van der Waals surface area contributed by atoms with Crippen LogP contribution in [0.1, 0.15) is 17.0 Å². The van der Waals surface area contributed by atoms with E-state index in [2.05, 4.69) is 11.4 Å². The first-order valence-corrected chi connectivity index (χ1v) is 4.60. The summed E-state index contributed by atoms with van der Waals surface area (Å²) in [6, 6.07) is 3.91. The number of nitrogens with two attached hydrogens (primary N) is 1. The number of nitrogens with one attached hydrogen (secondary N) is 1. The van der Waals surface area contributed by atoms with Crippen LogP contribution in [0, 0.1) is 18.3 Å². The molecule has 1 rings (SSSR count). The Kier molecular flexibility index (Phi) is 3.47. The zero-order valence-corrected chi connectivity index (χ0v) is 8.87. The molecule has 0 aliphatic heterocycles. The highest BCUT2D eigenvalue weighted by molar-refractivity contribution is 5.75. The fourth-order valence-electron chi connectivity index (χ4n) is 1.37. The third-order valence-electron chi connectivity index (χ3n) is 2.37. The van der Waals surface area contributed by atoms with E-state index in [0.717, 1.165) is 11.3 Å². The van der Waals surface area contributed by atoms with Crippen LogP contribution >= 0.6 is 0 Å². The van der Waals surface area contributed by atoms with Gasteiger partial charge in [0.1, 0.15) is 11.8 Å². The minimum atomic E-state index is -0.385. The molecule has 5 heteroatoms. The van der Waals surface area contributed by atoms with E-state index in [1.807, 2.05) is 24.6 Å². The van der Waals surface area contributed by atoms with Crippen LogP contribution in [0.25, 0.3) is 0 Å². The van der Waals surface area contributed by atoms with Gasteiger partial charge in [-0.15, -0.1) is 0 Å². The fourth-order valence-corrected chi connectivity index (χ4v) is 1.37. The first kappa shape index (κ1) is 11.3. The smallest absolute Gasteiger partial charge is 0.231 e. The molecular weight excluding hydrogens is 192 g/mol. The van der Waals surface area contributed by atoms with Crippen LogP contribution in [0.15, 0.2) is 6.07 Å². The van der Waals surface area contributed by atoms with E-state index in [4.69, 9.17) is 11.0 Å². The molecule has 3 N–H and O–H groups in total. The molecule has 0 aromatic carbocycles. The molecule has 1 aromatic heterocycles. The van der Waals surface area contributed by atoms with Gasteiger partial charge >= 0.3 is 0 Å². The van der Waals surface area contributed by atoms with Crippen LogP contribution in [0.4, 0.5) is 0 Å². The summed E-state index contributed by atoms with van der Waals surface area (Å²) in [6.07, 6.45) is 0. The lowest BCUT2D eigenvalue weighted by Gasteiger charge is -2.02. The summed E-state index contributed by atoms with van der Waals surface area (Å²) in [4.78, 5) is 10.5. The molecule has 15 heavy (non-hydrogen) atoms. The standard InChI is InChI=1S/C10H14N4O/c1-7-8(5-13-6-10(12)15)3-9(4-11)14(7)2/h3,13H,5-6H2,1-2H3,(H2,12,15). The highest BCUT2D eigenvalue weighted by atomic mass is 16.1. The molecule has 0 radical (unpaired) electrons. The first-order chi connectivity index (χ1) is 7.06. The maximum Gasteiger partial charge on any atom is 0.231 e. The second kappa shape index (κ2) is 4.62. The molecule has 0 aliphatic carbocycles. The molecular formula is C10H14N4O. The fraction of sp³-hybridized carbons (Fsp3) is 0.400. The zero-order chi connectivity index (χ0) is 11.4. The van der Waals surface area contributed by atoms with Gasteiger partial charge in [-0.25, -0.2) is 0 Å². The zero-order valence-electron chi connectivity index (χ0n) is 8.87. The number of hydrogen-bond donors (Lipinski definition) is 2. The van der Waals surface area contributed by atoms with Crippen molar-refractivity contribution in [1.82, 2.24) is 9.88 Å². The molecule has 0 fully saturated rings. The lowest BCUT2D eigenvalue weighted by Crippen LogP contribution is -2.28. The number of nitrogens with zero attached hydrogens (tertiary/aromatic N) is 2. The number of aromatic nitrogens is 1. The number of carbonyl (C=O) groups is 1. The van der Waals surface area contributed by atoms with Crippen molar-refractivity contribution in [3.05, 3.63) is 23.0 Å². The maximum absolute atomic E-state index is 10.5. The van der Waals surface area contributed by atoms with Crippen LogP contribution in [0.2, 0.25) is 0 Å². The van der Waals surface area contributed by atoms with Crippen molar-refractivity contribution in [2.24, 2.45) is 12.8 Å². The Morgan fingerprint density at radius 1 is 1.73 bits per heavy atom. The molecule has 5 nitrogen and oxygen atoms in total. The molecule has 0 unspecified atom stereocenters. The second-order valence-corrected chi connectivity index (χ2v) is 3.38. The van der Waals surface area contributed by atoms with E-state index in [0.29, 0.717) is 12.2 Å². The van der Waals surface area contributed by atoms with Crippen molar-refractivity contribution in [2.45, 2.75) is 13.5 Å². The van der Waals surface area contributed by atoms with Gasteiger partial charge in [-0.1, -0.05) is 0 Å². The Morgan fingerprint density at radius 2 is 2.40 bits per heavy atom. The molecule has 0 saturated heterocycles. The summed E-state index contributed by atoms with van der Waals surface area (Å²) >= 11 is 0. The predicted octanol–water partition coefficient (Wildman–Crippen LogP) is -0.220. The van der Waals surface area contributed by atoms with Gasteiger partial charge in [0, 0.05) is 19.3 Å². The van der Waals surface area contributed by atoms with E-state index in [-0.39, 0.29) is 12.5 Å². The molecule has 0 saturated carbocycles. The Morgan fingerprint density at radius 3 is 2.87 bits per heavy atom. The quantitative estimate of drug-likeness (QED) is 0.714. The largest absolute Gasteiger partial charge is 0.369 e. The van der Waals surface area contributed by atoms with Gasteiger partial charge in [0.15, 0.2) is 0 Å². The molecule has 1 aromatic rings. The van der Waals surface area contributed by atoms with E-state index in [9.17, 15) is 4.79 Å². The van der Waals surface area contributed by atoms with Crippen LogP contribution in [-0.2, 0) is 18.4 Å². The Labute approximate surface area is 88.5 Å². The van der Waals surface area contributed by atoms with Crippen molar-refractivity contribution in [3.8, 4) is 6.07 Å². The number of rotatable bonds is 4. The summed E-state index contributed by atoms with van der Waals surface area (Å²) < 4.78 is 1.82. The van der Waals surface area contributed by atoms with Crippen LogP contribution in [-0.4, -0.2) is 17.0 Å². The third kappa shape index (κ3) is 2.58. The van der Waals surface area contributed by atoms with Gasteiger partial charge in [0.05, 0.1) is 6.54 Å². The van der Waals surface area contributed by atoms with E-state index in [1.54, 1.807) is 0 Å². The predicted molar refractivity (Wildman–Crippen MR) is 55.8 cm³/mol. The maximum atomic E-state index is 10.5. The lowest BCUT2D eigenvalue weighted by molar-refractivity contribution is -0.117. The Balaban J connectivity index is 2.70. The number of primary amides is 1. The monoisotopic (exact) mass is 206 g/mol. The van der Waals surface area contributed by atoms with E-state index < -0.39 is 0 Å². The summed E-state index contributed by atoms with van der Waals surface area (Å²) in [5, 5.41) is 11.7. The normalized spacial score (nSPS) is 9.93. The highest BCUT2D eigenvalue weighted by Gasteiger charge is 2.07. The number of hydrogen-bond acceptors (Lipinski definition) is 3. The van der Waals surface area contributed by atoms with Gasteiger partial charge in [-0.3, -0.25) is 4.79 Å². The first-order valence-electron chi connectivity index (χ1n) is 4.60. The van der Waals surface area contributed by atoms with E-state index >= 15 is 0 Å². The Hall–Kier alpha value is -1.80. The molecule has 0 aliphatic rings. The average molecular weight is 206 g/mol. The average Bonchev–Trinajstić information content (AvgIpc) is 2.45. The number of amides is 1. The minimum absolute atomic E-state index is 0.149. The molecule has 1 amide bonds. The van der Waals surface area contributed by atoms with Gasteiger partial charge in [-0.2, -0.15) is 5.26 Å². The van der Waals surface area contributed by atoms with Crippen molar-refractivity contribution in [2.75, 3.05) is 6.54 Å². The SMILES string of the molecule is Cc1c(CNCC(N)=O)cc(C#N)n1C. The topological polar surface area (TPSA) is 83.8 Å². The summed E-state index contributed by atoms with van der Waals surface area (Å²) in [5.74, 6) is -0.385. The van der Waals surface area contributed by atoms with Gasteiger partial charge in [0.2, 0.25) is 5.91 Å². The lowest BCUT2D eigenvalue weighted by atomic mass is 10.2. The van der Waals surface area contributed by atoms with Crippen LogP contribution < -0.4 is 11.1 Å². The molecule has 0 spiro atoms. The number of carbonyl (C=O) groups excluding carboxylic acids is 1. The van der Waals surface area contributed by atoms with Crippen molar-refractivity contribution in [3.63, 3.8) is 0 Å². The molecule has 1 heterocycles. The minimum Gasteiger partial charge on any atom is -0.369 e. The highest BCUT2D eigenvalue weighted by Crippen LogP contribution is 2.12. The van der Waals surface area contributed by atoms with Gasteiger partial charge in [0.25, 0.3) is 0 Å². The van der Waals surface area contributed by atoms with Crippen molar-refractivity contribution in [1.29, 1.82) is 5.26 Å². The summed E-state index contributed by atoms with van der Waals surface area (Å²) in [7, 11) is 1.84. The third-order valence-corrected chi connectivity index (χ3v) is 2.37. The summed E-state index contributed by atoms with van der Waals surface area (Å²) in [5.41, 5.74) is 7.64. The van der Waals surface area contributed by atoms with Crippen LogP contribution in [0.3, 0.4) is 0 Å². The second-order valence-electron chi connectivity index (χ2n) is 3.38. The number of nitriles is 1.